The average Bonchev–Trinajstić information content (AvgIpc) is 3.32. The zero-order chi connectivity index (χ0) is 20.8. The summed E-state index contributed by atoms with van der Waals surface area (Å²) in [5, 5.41) is 18.6. The molecule has 0 amide bonds. The highest BCUT2D eigenvalue weighted by molar-refractivity contribution is 5.50. The van der Waals surface area contributed by atoms with E-state index < -0.39 is 5.82 Å². The Bertz CT molecular complexity index is 1140. The first-order valence-corrected chi connectivity index (χ1v) is 9.31. The monoisotopic (exact) mass is 399 g/mol. The smallest absolute Gasteiger partial charge is 0.165 e. The molecule has 30 heavy (non-hydrogen) atoms. The maximum atomic E-state index is 14.6. The number of nitrogens with zero attached hydrogens (tertiary/aromatic N) is 5. The van der Waals surface area contributed by atoms with E-state index >= 15 is 0 Å². The van der Waals surface area contributed by atoms with Crippen molar-refractivity contribution >= 4 is 5.69 Å². The first-order valence-electron chi connectivity index (χ1n) is 9.31. The lowest BCUT2D eigenvalue weighted by molar-refractivity contribution is 0.290. The minimum Gasteiger partial charge on any atom is -0.486 e. The quantitative estimate of drug-likeness (QED) is 0.463. The molecule has 6 nitrogen and oxygen atoms in total. The van der Waals surface area contributed by atoms with Crippen LogP contribution < -0.4 is 9.75 Å². The summed E-state index contributed by atoms with van der Waals surface area (Å²) in [5.41, 5.74) is 3.10. The van der Waals surface area contributed by atoms with E-state index in [4.69, 9.17) is 10.00 Å². The molecule has 4 aromatic rings. The van der Waals surface area contributed by atoms with Gasteiger partial charge in [0, 0.05) is 0 Å². The van der Waals surface area contributed by atoms with Gasteiger partial charge in [0.1, 0.15) is 19.3 Å². The van der Waals surface area contributed by atoms with E-state index in [1.807, 2.05) is 53.5 Å². The first-order chi connectivity index (χ1) is 14.7. The Labute approximate surface area is 173 Å². The van der Waals surface area contributed by atoms with Crippen molar-refractivity contribution in [1.82, 2.24) is 14.9 Å². The zero-order valence-corrected chi connectivity index (χ0v) is 16.0. The van der Waals surface area contributed by atoms with Crippen molar-refractivity contribution in [1.29, 1.82) is 5.26 Å². The van der Waals surface area contributed by atoms with Gasteiger partial charge in [-0.2, -0.15) is 5.26 Å². The second-order valence-corrected chi connectivity index (χ2v) is 6.60. The number of hydrogen-bond donors (Lipinski definition) is 0. The van der Waals surface area contributed by atoms with E-state index in [-0.39, 0.29) is 5.75 Å². The second kappa shape index (κ2) is 8.88. The summed E-state index contributed by atoms with van der Waals surface area (Å²) < 4.78 is 22.0. The van der Waals surface area contributed by atoms with E-state index in [1.165, 1.54) is 6.07 Å². The molecule has 0 fully saturated rings. The number of rotatable bonds is 7. The molecule has 148 valence electrons. The largest absolute Gasteiger partial charge is 0.486 e. The molecule has 0 unspecified atom stereocenters. The highest BCUT2D eigenvalue weighted by Gasteiger charge is 2.12. The molecule has 4 rings (SSSR count). The number of hydrogen-bond acceptors (Lipinski definition) is 5. The molecule has 0 radical (unpaired) electrons. The Kier molecular flexibility index (Phi) is 5.67. The maximum Gasteiger partial charge on any atom is 0.165 e. The van der Waals surface area contributed by atoms with E-state index in [0.29, 0.717) is 18.7 Å². The molecule has 1 aromatic heterocycles. The van der Waals surface area contributed by atoms with E-state index in [0.717, 1.165) is 16.8 Å². The minimum absolute atomic E-state index is 0.205. The zero-order valence-electron chi connectivity index (χ0n) is 16.0. The average molecular weight is 399 g/mol. The van der Waals surface area contributed by atoms with Gasteiger partial charge >= 0.3 is 0 Å². The summed E-state index contributed by atoms with van der Waals surface area (Å²) in [6, 6.07) is 23.8. The van der Waals surface area contributed by atoms with Crippen LogP contribution in [0.5, 0.6) is 5.75 Å². The van der Waals surface area contributed by atoms with Crippen LogP contribution in [0.3, 0.4) is 0 Å². The van der Waals surface area contributed by atoms with Gasteiger partial charge in [-0.15, -0.1) is 10.2 Å². The van der Waals surface area contributed by atoms with Gasteiger partial charge in [-0.1, -0.05) is 36.4 Å². The van der Waals surface area contributed by atoms with Gasteiger partial charge in [-0.25, -0.2) is 9.07 Å². The molecule has 0 aliphatic heterocycles. The molecule has 0 saturated carbocycles. The maximum absolute atomic E-state index is 14.6. The Hall–Kier alpha value is -4.18. The van der Waals surface area contributed by atoms with Gasteiger partial charge in [0.15, 0.2) is 11.6 Å². The highest BCUT2D eigenvalue weighted by Crippen LogP contribution is 2.23. The van der Waals surface area contributed by atoms with Crippen molar-refractivity contribution in [2.24, 2.45) is 0 Å². The van der Waals surface area contributed by atoms with Gasteiger partial charge in [0.05, 0.1) is 23.9 Å². The van der Waals surface area contributed by atoms with Crippen molar-refractivity contribution in [2.75, 3.05) is 5.01 Å². The topological polar surface area (TPSA) is 67.0 Å². The predicted molar refractivity (Wildman–Crippen MR) is 110 cm³/mol. The molecule has 0 aliphatic carbocycles. The molecule has 0 saturated heterocycles. The van der Waals surface area contributed by atoms with Crippen LogP contribution in [0.2, 0.25) is 0 Å². The van der Waals surface area contributed by atoms with E-state index in [9.17, 15) is 4.39 Å². The van der Waals surface area contributed by atoms with Gasteiger partial charge in [0.2, 0.25) is 0 Å². The third-order valence-electron chi connectivity index (χ3n) is 4.55. The summed E-state index contributed by atoms with van der Waals surface area (Å²) in [6.45, 7) is 0.676. The Balaban J connectivity index is 1.53. The molecule has 0 aliphatic rings. The van der Waals surface area contributed by atoms with Gasteiger partial charge < -0.3 is 4.74 Å². The third kappa shape index (κ3) is 4.45. The van der Waals surface area contributed by atoms with Crippen LogP contribution in [0.4, 0.5) is 10.1 Å². The van der Waals surface area contributed by atoms with Crippen LogP contribution in [0.25, 0.3) is 0 Å². The second-order valence-electron chi connectivity index (χ2n) is 6.60. The number of halogens is 1. The Morgan fingerprint density at radius 3 is 2.33 bits per heavy atom. The SMILES string of the molecule is N#Cc1ccc(N(Cc2ccc(OCc3ccccc3)c(F)c2)n2cnnc2)cc1. The van der Waals surface area contributed by atoms with Crippen LogP contribution in [-0.2, 0) is 13.2 Å². The molecule has 3 aromatic carbocycles. The first kappa shape index (κ1) is 19.2. The Morgan fingerprint density at radius 2 is 1.67 bits per heavy atom. The summed E-state index contributed by atoms with van der Waals surface area (Å²) in [6.07, 6.45) is 3.12. The number of ether oxygens (including phenoxy) is 1. The van der Waals surface area contributed by atoms with Crippen molar-refractivity contribution in [3.05, 3.63) is 108 Å². The van der Waals surface area contributed by atoms with Crippen LogP contribution in [0, 0.1) is 17.1 Å². The molecule has 7 heteroatoms. The summed E-state index contributed by atoms with van der Waals surface area (Å²) in [5.74, 6) is -0.219. The van der Waals surface area contributed by atoms with Crippen LogP contribution in [0.1, 0.15) is 16.7 Å². The molecular formula is C23H18FN5O. The number of aromatic nitrogens is 3. The lowest BCUT2D eigenvalue weighted by atomic mass is 10.1. The van der Waals surface area contributed by atoms with Crippen LogP contribution in [-0.4, -0.2) is 14.9 Å². The van der Waals surface area contributed by atoms with Gasteiger partial charge in [0.25, 0.3) is 0 Å². The summed E-state index contributed by atoms with van der Waals surface area (Å²) >= 11 is 0. The van der Waals surface area contributed by atoms with Crippen LogP contribution >= 0.6 is 0 Å². The molecule has 0 bridgehead atoms. The van der Waals surface area contributed by atoms with Crippen molar-refractivity contribution in [3.8, 4) is 11.8 Å². The van der Waals surface area contributed by atoms with Crippen molar-refractivity contribution in [3.63, 3.8) is 0 Å². The van der Waals surface area contributed by atoms with Gasteiger partial charge in [-0.05, 0) is 47.5 Å². The van der Waals surface area contributed by atoms with Crippen molar-refractivity contribution in [2.45, 2.75) is 13.2 Å². The Morgan fingerprint density at radius 1 is 0.933 bits per heavy atom. The summed E-state index contributed by atoms with van der Waals surface area (Å²) in [7, 11) is 0. The normalized spacial score (nSPS) is 10.4. The lowest BCUT2D eigenvalue weighted by Crippen LogP contribution is -2.27. The standard InChI is InChI=1S/C23H18FN5O/c24-22-12-20(8-11-23(22)30-15-19-4-2-1-3-5-19)14-29(28-16-26-27-17-28)21-9-6-18(13-25)7-10-21/h1-12,16-17H,14-15H2. The lowest BCUT2D eigenvalue weighted by Gasteiger charge is -2.25. The third-order valence-corrected chi connectivity index (χ3v) is 4.55. The number of nitriles is 1. The van der Waals surface area contributed by atoms with Gasteiger partial charge in [-0.3, -0.25) is 5.01 Å². The fourth-order valence-electron chi connectivity index (χ4n) is 3.00. The van der Waals surface area contributed by atoms with Crippen molar-refractivity contribution < 1.29 is 9.13 Å². The fourth-order valence-corrected chi connectivity index (χ4v) is 3.00. The number of benzene rings is 3. The van der Waals surface area contributed by atoms with Crippen LogP contribution in [0.15, 0.2) is 85.5 Å². The molecule has 0 spiro atoms. The summed E-state index contributed by atoms with van der Waals surface area (Å²) in [4.78, 5) is 0. The predicted octanol–water partition coefficient (Wildman–Crippen LogP) is 4.34. The molecule has 0 atom stereocenters. The fraction of sp³-hybridized carbons (Fsp3) is 0.0870. The molecular weight excluding hydrogens is 381 g/mol. The molecule has 0 N–H and O–H groups in total. The minimum atomic E-state index is -0.424. The van der Waals surface area contributed by atoms with E-state index in [2.05, 4.69) is 16.3 Å². The highest BCUT2D eigenvalue weighted by atomic mass is 19.1. The number of anilines is 1. The van der Waals surface area contributed by atoms with E-state index in [1.54, 1.807) is 35.5 Å². The molecule has 1 heterocycles.